The molecule has 1 aromatic rings. The molecule has 0 N–H and O–H groups in total. The minimum absolute atomic E-state index is 0.406. The van der Waals surface area contributed by atoms with Crippen molar-refractivity contribution in [1.29, 1.82) is 0 Å². The highest BCUT2D eigenvalue weighted by Gasteiger charge is 2.47. The van der Waals surface area contributed by atoms with Gasteiger partial charge in [-0.3, -0.25) is 0 Å². The highest BCUT2D eigenvalue weighted by atomic mass is 79.9. The summed E-state index contributed by atoms with van der Waals surface area (Å²) in [5.74, 6) is 0.867. The van der Waals surface area contributed by atoms with E-state index in [0.717, 1.165) is 12.2 Å². The van der Waals surface area contributed by atoms with Gasteiger partial charge >= 0.3 is 0 Å². The van der Waals surface area contributed by atoms with Gasteiger partial charge in [-0.1, -0.05) is 22.9 Å². The maximum absolute atomic E-state index is 4.19. The Balaban J connectivity index is 2.06. The first kappa shape index (κ1) is 9.12. The van der Waals surface area contributed by atoms with Crippen LogP contribution in [0.25, 0.3) is 0 Å². The summed E-state index contributed by atoms with van der Waals surface area (Å²) in [5.41, 5.74) is 0.406. The van der Waals surface area contributed by atoms with Crippen molar-refractivity contribution in [3.8, 4) is 0 Å². The Morgan fingerprint density at radius 3 is 2.69 bits per heavy atom. The van der Waals surface area contributed by atoms with Crippen molar-refractivity contribution in [2.24, 2.45) is 12.5 Å². The van der Waals surface area contributed by atoms with E-state index in [1.165, 1.54) is 17.6 Å². The molecule has 1 aliphatic carbocycles. The SMILES string of the molecule is CC(Br)C1(Cc2nnn(C)n2)CC1. The minimum atomic E-state index is 0.406. The molecule has 4 nitrogen and oxygen atoms in total. The second-order valence-electron chi connectivity index (χ2n) is 3.85. The zero-order valence-corrected chi connectivity index (χ0v) is 9.45. The molecule has 0 bridgehead atoms. The van der Waals surface area contributed by atoms with E-state index in [-0.39, 0.29) is 0 Å². The van der Waals surface area contributed by atoms with Crippen molar-refractivity contribution in [2.75, 3.05) is 0 Å². The summed E-state index contributed by atoms with van der Waals surface area (Å²) < 4.78 is 0. The van der Waals surface area contributed by atoms with Gasteiger partial charge in [-0.15, -0.1) is 10.2 Å². The Hall–Kier alpha value is -0.450. The summed E-state index contributed by atoms with van der Waals surface area (Å²) in [6, 6.07) is 0. The quantitative estimate of drug-likeness (QED) is 0.754. The first-order valence-electron chi connectivity index (χ1n) is 4.49. The van der Waals surface area contributed by atoms with Crippen LogP contribution in [0, 0.1) is 5.41 Å². The van der Waals surface area contributed by atoms with Crippen LogP contribution in [0.1, 0.15) is 25.6 Å². The van der Waals surface area contributed by atoms with Crippen molar-refractivity contribution < 1.29 is 0 Å². The third kappa shape index (κ3) is 1.75. The van der Waals surface area contributed by atoms with Crippen LogP contribution in [0.2, 0.25) is 0 Å². The number of aromatic nitrogens is 4. The normalized spacial score (nSPS) is 21.5. The van der Waals surface area contributed by atoms with Crippen LogP contribution < -0.4 is 0 Å². The highest BCUT2D eigenvalue weighted by Crippen LogP contribution is 2.53. The topological polar surface area (TPSA) is 43.6 Å². The van der Waals surface area contributed by atoms with Gasteiger partial charge in [-0.2, -0.15) is 4.80 Å². The molecule has 1 saturated carbocycles. The smallest absolute Gasteiger partial charge is 0.167 e. The van der Waals surface area contributed by atoms with Crippen LogP contribution in [-0.2, 0) is 13.5 Å². The fourth-order valence-corrected chi connectivity index (χ4v) is 2.20. The number of alkyl halides is 1. The van der Waals surface area contributed by atoms with E-state index in [4.69, 9.17) is 0 Å². The summed E-state index contributed by atoms with van der Waals surface area (Å²) in [4.78, 5) is 2.06. The summed E-state index contributed by atoms with van der Waals surface area (Å²) in [7, 11) is 1.80. The average molecular weight is 245 g/mol. The van der Waals surface area contributed by atoms with E-state index in [2.05, 4.69) is 38.3 Å². The number of halogens is 1. The highest BCUT2D eigenvalue weighted by molar-refractivity contribution is 9.09. The number of hydrogen-bond donors (Lipinski definition) is 0. The van der Waals surface area contributed by atoms with Gasteiger partial charge in [0.2, 0.25) is 0 Å². The second kappa shape index (κ2) is 3.04. The summed E-state index contributed by atoms with van der Waals surface area (Å²) in [6.45, 7) is 2.20. The molecule has 0 saturated heterocycles. The molecular formula is C8H13BrN4. The lowest BCUT2D eigenvalue weighted by atomic mass is 9.99. The predicted octanol–water partition coefficient (Wildman–Crippen LogP) is 1.32. The zero-order chi connectivity index (χ0) is 9.47. The largest absolute Gasteiger partial charge is 0.175 e. The average Bonchev–Trinajstić information content (AvgIpc) is 2.72. The van der Waals surface area contributed by atoms with Crippen molar-refractivity contribution in [1.82, 2.24) is 20.2 Å². The fraction of sp³-hybridized carbons (Fsp3) is 0.875. The lowest BCUT2D eigenvalue weighted by Crippen LogP contribution is -2.16. The maximum Gasteiger partial charge on any atom is 0.175 e. The lowest BCUT2D eigenvalue weighted by molar-refractivity contribution is 0.492. The number of tetrazole rings is 1. The molecule has 2 rings (SSSR count). The Labute approximate surface area is 85.8 Å². The third-order valence-corrected chi connectivity index (χ3v) is 3.77. The Morgan fingerprint density at radius 2 is 2.31 bits per heavy atom. The van der Waals surface area contributed by atoms with Crippen molar-refractivity contribution in [3.63, 3.8) is 0 Å². The van der Waals surface area contributed by atoms with E-state index in [0.29, 0.717) is 10.2 Å². The van der Waals surface area contributed by atoms with Crippen LogP contribution in [0.5, 0.6) is 0 Å². The molecule has 1 heterocycles. The molecule has 1 atom stereocenters. The number of nitrogens with zero attached hydrogens (tertiary/aromatic N) is 4. The van der Waals surface area contributed by atoms with E-state index in [1.807, 2.05) is 0 Å². The first-order valence-corrected chi connectivity index (χ1v) is 5.41. The monoisotopic (exact) mass is 244 g/mol. The van der Waals surface area contributed by atoms with Gasteiger partial charge in [-0.05, 0) is 23.5 Å². The molecule has 1 fully saturated rings. The number of rotatable bonds is 3. The Bertz CT molecular complexity index is 303. The predicted molar refractivity (Wildman–Crippen MR) is 52.6 cm³/mol. The molecule has 0 spiro atoms. The van der Waals surface area contributed by atoms with E-state index >= 15 is 0 Å². The number of hydrogen-bond acceptors (Lipinski definition) is 3. The molecule has 1 aromatic heterocycles. The molecule has 1 unspecified atom stereocenters. The molecule has 5 heteroatoms. The van der Waals surface area contributed by atoms with Gasteiger partial charge in [0.25, 0.3) is 0 Å². The van der Waals surface area contributed by atoms with Gasteiger partial charge in [-0.25, -0.2) is 0 Å². The molecule has 0 radical (unpaired) electrons. The van der Waals surface area contributed by atoms with Crippen LogP contribution in [-0.4, -0.2) is 25.0 Å². The Morgan fingerprint density at radius 1 is 1.62 bits per heavy atom. The molecule has 0 aromatic carbocycles. The zero-order valence-electron chi connectivity index (χ0n) is 7.87. The molecule has 72 valence electrons. The lowest BCUT2D eigenvalue weighted by Gasteiger charge is -2.14. The standard InChI is InChI=1S/C8H13BrN4/c1-6(9)8(3-4-8)5-7-10-12-13(2)11-7/h6H,3-5H2,1-2H3. The summed E-state index contributed by atoms with van der Waals surface area (Å²) in [5, 5.41) is 12.0. The van der Waals surface area contributed by atoms with Crippen molar-refractivity contribution >= 4 is 15.9 Å². The molecule has 1 aliphatic rings. The van der Waals surface area contributed by atoms with E-state index in [9.17, 15) is 0 Å². The molecule has 13 heavy (non-hydrogen) atoms. The van der Waals surface area contributed by atoms with Crippen LogP contribution in [0.15, 0.2) is 0 Å². The van der Waals surface area contributed by atoms with Crippen molar-refractivity contribution in [2.45, 2.75) is 31.0 Å². The third-order valence-electron chi connectivity index (χ3n) is 2.80. The molecular weight excluding hydrogens is 232 g/mol. The van der Waals surface area contributed by atoms with E-state index in [1.54, 1.807) is 7.05 Å². The second-order valence-corrected chi connectivity index (χ2v) is 5.22. The van der Waals surface area contributed by atoms with Crippen LogP contribution in [0.3, 0.4) is 0 Å². The van der Waals surface area contributed by atoms with Gasteiger partial charge in [0.05, 0.1) is 7.05 Å². The maximum atomic E-state index is 4.19. The summed E-state index contributed by atoms with van der Waals surface area (Å²) in [6.07, 6.45) is 3.50. The van der Waals surface area contributed by atoms with Crippen LogP contribution in [0.4, 0.5) is 0 Å². The minimum Gasteiger partial charge on any atom is -0.167 e. The molecule has 0 amide bonds. The fourth-order valence-electron chi connectivity index (χ4n) is 1.58. The first-order chi connectivity index (χ1) is 6.12. The Kier molecular flexibility index (Phi) is 2.14. The van der Waals surface area contributed by atoms with Gasteiger partial charge < -0.3 is 0 Å². The van der Waals surface area contributed by atoms with Gasteiger partial charge in [0.15, 0.2) is 5.82 Å². The van der Waals surface area contributed by atoms with Gasteiger partial charge in [0, 0.05) is 11.2 Å². The summed E-state index contributed by atoms with van der Waals surface area (Å²) >= 11 is 3.64. The molecule has 0 aliphatic heterocycles. The number of aryl methyl sites for hydroxylation is 1. The van der Waals surface area contributed by atoms with E-state index < -0.39 is 0 Å². The van der Waals surface area contributed by atoms with Crippen molar-refractivity contribution in [3.05, 3.63) is 5.82 Å². The van der Waals surface area contributed by atoms with Crippen LogP contribution >= 0.6 is 15.9 Å². The van der Waals surface area contributed by atoms with Gasteiger partial charge in [0.1, 0.15) is 0 Å².